The fourth-order valence-corrected chi connectivity index (χ4v) is 4.15. The first-order valence-electron chi connectivity index (χ1n) is 7.73. The molecule has 0 unspecified atom stereocenters. The van der Waals surface area contributed by atoms with Crippen LogP contribution < -0.4 is 11.1 Å². The molecule has 0 bridgehead atoms. The summed E-state index contributed by atoms with van der Waals surface area (Å²) in [5.74, 6) is 1.44. The monoisotopic (exact) mass is 300 g/mol. The molecular weight excluding hydrogens is 280 g/mol. The van der Waals surface area contributed by atoms with Gasteiger partial charge in [-0.15, -0.1) is 11.3 Å². The van der Waals surface area contributed by atoms with E-state index in [1.807, 2.05) is 6.92 Å². The number of carbonyl (C=O) groups excluding carboxylic acids is 1. The minimum Gasteiger partial charge on any atom is -0.397 e. The van der Waals surface area contributed by atoms with Gasteiger partial charge in [0.25, 0.3) is 5.91 Å². The highest BCUT2D eigenvalue weighted by Crippen LogP contribution is 2.45. The molecule has 21 heavy (non-hydrogen) atoms. The second kappa shape index (κ2) is 4.73. The molecular formula is C17H20N2OS. The van der Waals surface area contributed by atoms with Gasteiger partial charge in [0.2, 0.25) is 0 Å². The summed E-state index contributed by atoms with van der Waals surface area (Å²) in [6.07, 6.45) is 5.07. The van der Waals surface area contributed by atoms with E-state index in [9.17, 15) is 4.79 Å². The molecule has 0 radical (unpaired) electrons. The lowest BCUT2D eigenvalue weighted by Crippen LogP contribution is -2.37. The topological polar surface area (TPSA) is 55.1 Å². The smallest absolute Gasteiger partial charge is 0.263 e. The second-order valence-electron chi connectivity index (χ2n) is 6.52. The molecule has 0 atom stereocenters. The number of aryl methyl sites for hydroxylation is 1. The highest BCUT2D eigenvalue weighted by molar-refractivity contribution is 7.21. The summed E-state index contributed by atoms with van der Waals surface area (Å²) in [4.78, 5) is 13.3. The first-order valence-corrected chi connectivity index (χ1v) is 8.54. The van der Waals surface area contributed by atoms with Gasteiger partial charge in [0.05, 0.1) is 5.69 Å². The lowest BCUT2D eigenvalue weighted by molar-refractivity contribution is 0.0931. The van der Waals surface area contributed by atoms with Crippen molar-refractivity contribution in [2.24, 2.45) is 11.8 Å². The van der Waals surface area contributed by atoms with E-state index in [0.29, 0.717) is 28.4 Å². The SMILES string of the molecule is Cc1ccc2sc(C(=O)NC(C3CC3)C3CC3)c(N)c2c1. The van der Waals surface area contributed by atoms with Gasteiger partial charge in [0, 0.05) is 16.1 Å². The molecule has 1 aromatic heterocycles. The first-order chi connectivity index (χ1) is 10.1. The van der Waals surface area contributed by atoms with E-state index in [1.54, 1.807) is 0 Å². The Bertz CT molecular complexity index is 701. The summed E-state index contributed by atoms with van der Waals surface area (Å²) in [5.41, 5.74) is 8.03. The normalized spacial score (nSPS) is 18.4. The van der Waals surface area contributed by atoms with Crippen molar-refractivity contribution in [2.75, 3.05) is 5.73 Å². The number of nitrogen functional groups attached to an aromatic ring is 1. The minimum atomic E-state index is 0.0233. The zero-order valence-electron chi connectivity index (χ0n) is 12.2. The number of amides is 1. The molecule has 1 aromatic carbocycles. The van der Waals surface area contributed by atoms with Gasteiger partial charge in [0.15, 0.2) is 0 Å². The van der Waals surface area contributed by atoms with Gasteiger partial charge in [-0.2, -0.15) is 0 Å². The number of hydrogen-bond donors (Lipinski definition) is 2. The molecule has 2 fully saturated rings. The predicted molar refractivity (Wildman–Crippen MR) is 87.7 cm³/mol. The minimum absolute atomic E-state index is 0.0233. The Balaban J connectivity index is 1.62. The van der Waals surface area contributed by atoms with Crippen LogP contribution in [0.2, 0.25) is 0 Å². The van der Waals surface area contributed by atoms with Gasteiger partial charge in [-0.3, -0.25) is 4.79 Å². The Labute approximate surface area is 128 Å². The van der Waals surface area contributed by atoms with Crippen molar-refractivity contribution < 1.29 is 4.79 Å². The van der Waals surface area contributed by atoms with Gasteiger partial charge in [-0.25, -0.2) is 0 Å². The maximum atomic E-state index is 12.6. The Morgan fingerprint density at radius 1 is 1.29 bits per heavy atom. The van der Waals surface area contributed by atoms with Gasteiger partial charge < -0.3 is 11.1 Å². The van der Waals surface area contributed by atoms with Crippen LogP contribution in [0.25, 0.3) is 10.1 Å². The van der Waals surface area contributed by atoms with E-state index in [4.69, 9.17) is 5.73 Å². The van der Waals surface area contributed by atoms with Crippen molar-refractivity contribution in [1.82, 2.24) is 5.32 Å². The third kappa shape index (κ3) is 2.42. The molecule has 0 saturated heterocycles. The van der Waals surface area contributed by atoms with Gasteiger partial charge in [-0.1, -0.05) is 11.6 Å². The zero-order valence-corrected chi connectivity index (χ0v) is 13.0. The van der Waals surface area contributed by atoms with E-state index >= 15 is 0 Å². The maximum Gasteiger partial charge on any atom is 0.263 e. The molecule has 3 N–H and O–H groups in total. The average Bonchev–Trinajstić information content (AvgIpc) is 3.36. The highest BCUT2D eigenvalue weighted by Gasteiger charge is 2.42. The Hall–Kier alpha value is -1.55. The van der Waals surface area contributed by atoms with E-state index in [-0.39, 0.29) is 5.91 Å². The summed E-state index contributed by atoms with van der Waals surface area (Å²) in [6.45, 7) is 2.05. The third-order valence-corrected chi connectivity index (χ3v) is 5.83. The van der Waals surface area contributed by atoms with E-state index in [1.165, 1.54) is 42.6 Å². The number of thiophene rings is 1. The maximum absolute atomic E-state index is 12.6. The second-order valence-corrected chi connectivity index (χ2v) is 7.57. The quantitative estimate of drug-likeness (QED) is 0.904. The van der Waals surface area contributed by atoms with E-state index in [2.05, 4.69) is 23.5 Å². The molecule has 110 valence electrons. The van der Waals surface area contributed by atoms with Crippen LogP contribution in [0.5, 0.6) is 0 Å². The molecule has 3 nitrogen and oxygen atoms in total. The molecule has 1 heterocycles. The lowest BCUT2D eigenvalue weighted by Gasteiger charge is -2.17. The van der Waals surface area contributed by atoms with Crippen LogP contribution in [0.3, 0.4) is 0 Å². The number of nitrogens with two attached hydrogens (primary N) is 1. The fraction of sp³-hybridized carbons (Fsp3) is 0.471. The number of benzene rings is 1. The van der Waals surface area contributed by atoms with Crippen molar-refractivity contribution in [3.63, 3.8) is 0 Å². The Morgan fingerprint density at radius 2 is 1.95 bits per heavy atom. The summed E-state index contributed by atoms with van der Waals surface area (Å²) in [7, 11) is 0. The number of anilines is 1. The molecule has 2 aromatic rings. The van der Waals surface area contributed by atoms with Crippen molar-refractivity contribution in [3.8, 4) is 0 Å². The number of rotatable bonds is 4. The standard InChI is InChI=1S/C17H20N2OS/c1-9-2-7-13-12(8-9)14(18)16(21-13)17(20)19-15(10-3-4-10)11-5-6-11/h2,7-8,10-11,15H,3-6,18H2,1H3,(H,19,20). The number of fused-ring (bicyclic) bond motifs is 1. The number of hydrogen-bond acceptors (Lipinski definition) is 3. The van der Waals surface area contributed by atoms with Crippen LogP contribution in [0.1, 0.15) is 40.9 Å². The molecule has 2 aliphatic carbocycles. The van der Waals surface area contributed by atoms with Gasteiger partial charge in [0.1, 0.15) is 4.88 Å². The van der Waals surface area contributed by atoms with E-state index < -0.39 is 0 Å². The summed E-state index contributed by atoms with van der Waals surface area (Å²) in [6, 6.07) is 6.57. The highest BCUT2D eigenvalue weighted by atomic mass is 32.1. The van der Waals surface area contributed by atoms with Crippen molar-refractivity contribution >= 4 is 33.0 Å². The Kier molecular flexibility index (Phi) is 2.96. The molecule has 0 aliphatic heterocycles. The van der Waals surface area contributed by atoms with Crippen LogP contribution in [-0.2, 0) is 0 Å². The van der Waals surface area contributed by atoms with Crippen molar-refractivity contribution in [3.05, 3.63) is 28.6 Å². The molecule has 4 heteroatoms. The van der Waals surface area contributed by atoms with Crippen LogP contribution in [0.4, 0.5) is 5.69 Å². The first kappa shape index (κ1) is 13.1. The molecule has 4 rings (SSSR count). The molecule has 2 saturated carbocycles. The summed E-state index contributed by atoms with van der Waals surface area (Å²) < 4.78 is 1.10. The predicted octanol–water partition coefficient (Wildman–Crippen LogP) is 3.71. The van der Waals surface area contributed by atoms with Crippen molar-refractivity contribution in [2.45, 2.75) is 38.6 Å². The Morgan fingerprint density at radius 3 is 2.57 bits per heavy atom. The summed E-state index contributed by atoms with van der Waals surface area (Å²) in [5, 5.41) is 4.28. The van der Waals surface area contributed by atoms with Gasteiger partial charge >= 0.3 is 0 Å². The third-order valence-electron chi connectivity index (χ3n) is 4.65. The lowest BCUT2D eigenvalue weighted by atomic mass is 10.1. The largest absolute Gasteiger partial charge is 0.397 e. The van der Waals surface area contributed by atoms with Gasteiger partial charge in [-0.05, 0) is 56.6 Å². The van der Waals surface area contributed by atoms with Crippen LogP contribution in [0.15, 0.2) is 18.2 Å². The van der Waals surface area contributed by atoms with Crippen molar-refractivity contribution in [1.29, 1.82) is 0 Å². The zero-order chi connectivity index (χ0) is 14.6. The van der Waals surface area contributed by atoms with Crippen LogP contribution in [-0.4, -0.2) is 11.9 Å². The fourth-order valence-electron chi connectivity index (χ4n) is 3.15. The van der Waals surface area contributed by atoms with Crippen LogP contribution >= 0.6 is 11.3 Å². The molecule has 2 aliphatic rings. The molecule has 1 amide bonds. The number of nitrogens with one attached hydrogen (secondary N) is 1. The van der Waals surface area contributed by atoms with E-state index in [0.717, 1.165) is 10.1 Å². The number of carbonyl (C=O) groups is 1. The van der Waals surface area contributed by atoms with Crippen LogP contribution in [0, 0.1) is 18.8 Å². The average molecular weight is 300 g/mol. The molecule has 0 spiro atoms. The summed E-state index contributed by atoms with van der Waals surface area (Å²) >= 11 is 1.51.